The third-order valence-electron chi connectivity index (χ3n) is 4.73. The van der Waals surface area contributed by atoms with Crippen LogP contribution in [0.25, 0.3) is 0 Å². The van der Waals surface area contributed by atoms with Gasteiger partial charge in [0.15, 0.2) is 15.7 Å². The standard InChI is InChI=1S/C18H26N6O2S/c1-4-24(5-2)15-6-7-16(13(3)10-15)21-18-22-17(11-19-23-18)20-14-8-9-27(25,26)12-14/h6-7,10-11,14H,4-5,8-9,12H2,1-3H3,(H2,20,21,22,23). The summed E-state index contributed by atoms with van der Waals surface area (Å²) in [6.45, 7) is 8.23. The van der Waals surface area contributed by atoms with Crippen molar-refractivity contribution in [1.82, 2.24) is 15.2 Å². The molecule has 1 saturated heterocycles. The summed E-state index contributed by atoms with van der Waals surface area (Å²) in [4.78, 5) is 6.70. The van der Waals surface area contributed by atoms with E-state index in [1.807, 2.05) is 13.0 Å². The predicted octanol–water partition coefficient (Wildman–Crippen LogP) is 2.37. The Morgan fingerprint density at radius 1 is 1.26 bits per heavy atom. The topological polar surface area (TPSA) is 100 Å². The van der Waals surface area contributed by atoms with Crippen LogP contribution in [0.3, 0.4) is 0 Å². The summed E-state index contributed by atoms with van der Waals surface area (Å²) in [6, 6.07) is 6.08. The van der Waals surface area contributed by atoms with E-state index in [0.29, 0.717) is 18.2 Å². The summed E-state index contributed by atoms with van der Waals surface area (Å²) in [5.74, 6) is 1.24. The minimum Gasteiger partial charge on any atom is -0.372 e. The summed E-state index contributed by atoms with van der Waals surface area (Å²) < 4.78 is 23.2. The minimum atomic E-state index is -2.94. The second-order valence-electron chi connectivity index (χ2n) is 6.71. The van der Waals surface area contributed by atoms with Gasteiger partial charge < -0.3 is 15.5 Å². The van der Waals surface area contributed by atoms with Crippen LogP contribution in [0.1, 0.15) is 25.8 Å². The average Bonchev–Trinajstić information content (AvgIpc) is 2.97. The molecule has 27 heavy (non-hydrogen) atoms. The molecule has 146 valence electrons. The molecule has 0 bridgehead atoms. The first-order chi connectivity index (χ1) is 12.9. The largest absolute Gasteiger partial charge is 0.372 e. The maximum atomic E-state index is 11.6. The molecule has 1 aromatic heterocycles. The lowest BCUT2D eigenvalue weighted by Gasteiger charge is -2.22. The number of hydrogen-bond donors (Lipinski definition) is 2. The van der Waals surface area contributed by atoms with Crippen LogP contribution < -0.4 is 15.5 Å². The van der Waals surface area contributed by atoms with E-state index in [1.165, 1.54) is 11.9 Å². The Kier molecular flexibility index (Phi) is 5.79. The van der Waals surface area contributed by atoms with Crippen molar-refractivity contribution in [2.45, 2.75) is 33.2 Å². The summed E-state index contributed by atoms with van der Waals surface area (Å²) in [5.41, 5.74) is 3.18. The molecule has 3 rings (SSSR count). The first kappa shape index (κ1) is 19.3. The molecule has 0 aliphatic carbocycles. The van der Waals surface area contributed by atoms with Gasteiger partial charge in [0.1, 0.15) is 0 Å². The van der Waals surface area contributed by atoms with E-state index < -0.39 is 9.84 Å². The fraction of sp³-hybridized carbons (Fsp3) is 0.500. The molecule has 2 aromatic rings. The molecule has 1 fully saturated rings. The van der Waals surface area contributed by atoms with Gasteiger partial charge in [-0.15, -0.1) is 5.10 Å². The lowest BCUT2D eigenvalue weighted by Crippen LogP contribution is -2.22. The van der Waals surface area contributed by atoms with E-state index in [9.17, 15) is 8.42 Å². The molecule has 0 saturated carbocycles. The summed E-state index contributed by atoms with van der Waals surface area (Å²) >= 11 is 0. The average molecular weight is 391 g/mol. The van der Waals surface area contributed by atoms with Gasteiger partial charge in [-0.2, -0.15) is 10.1 Å². The van der Waals surface area contributed by atoms with Crippen molar-refractivity contribution in [3.63, 3.8) is 0 Å². The zero-order valence-electron chi connectivity index (χ0n) is 15.9. The molecule has 1 aliphatic rings. The van der Waals surface area contributed by atoms with Gasteiger partial charge in [-0.25, -0.2) is 8.42 Å². The first-order valence-corrected chi connectivity index (χ1v) is 11.0. The Labute approximate surface area is 160 Å². The summed E-state index contributed by atoms with van der Waals surface area (Å²) in [5, 5.41) is 14.3. The molecule has 1 aromatic carbocycles. The molecule has 2 N–H and O–H groups in total. The maximum Gasteiger partial charge on any atom is 0.249 e. The summed E-state index contributed by atoms with van der Waals surface area (Å²) in [6.07, 6.45) is 2.09. The number of nitrogens with zero attached hydrogens (tertiary/aromatic N) is 4. The molecule has 0 amide bonds. The minimum absolute atomic E-state index is 0.130. The molecule has 1 unspecified atom stereocenters. The van der Waals surface area contributed by atoms with Crippen LogP contribution in [0, 0.1) is 6.92 Å². The number of benzene rings is 1. The highest BCUT2D eigenvalue weighted by Gasteiger charge is 2.28. The van der Waals surface area contributed by atoms with Crippen LogP contribution in [0.4, 0.5) is 23.1 Å². The number of sulfone groups is 1. The van der Waals surface area contributed by atoms with E-state index in [-0.39, 0.29) is 17.5 Å². The van der Waals surface area contributed by atoms with Gasteiger partial charge in [0.25, 0.3) is 0 Å². The van der Waals surface area contributed by atoms with Crippen molar-refractivity contribution < 1.29 is 8.42 Å². The Hall–Kier alpha value is -2.42. The molecule has 9 heteroatoms. The van der Waals surface area contributed by atoms with Crippen LogP contribution >= 0.6 is 0 Å². The van der Waals surface area contributed by atoms with Gasteiger partial charge in [0.2, 0.25) is 5.95 Å². The SMILES string of the molecule is CCN(CC)c1ccc(Nc2nncc(NC3CCS(=O)(=O)C3)n2)c(C)c1. The van der Waals surface area contributed by atoms with Crippen LogP contribution in [0.5, 0.6) is 0 Å². The molecule has 0 radical (unpaired) electrons. The second kappa shape index (κ2) is 8.08. The fourth-order valence-corrected chi connectivity index (χ4v) is 4.91. The molecule has 1 aliphatic heterocycles. The molecule has 0 spiro atoms. The third kappa shape index (κ3) is 4.85. The smallest absolute Gasteiger partial charge is 0.249 e. The van der Waals surface area contributed by atoms with Crippen molar-refractivity contribution in [2.24, 2.45) is 0 Å². The molecule has 1 atom stereocenters. The van der Waals surface area contributed by atoms with Gasteiger partial charge in [-0.05, 0) is 51.0 Å². The van der Waals surface area contributed by atoms with E-state index in [1.54, 1.807) is 0 Å². The van der Waals surface area contributed by atoms with Crippen molar-refractivity contribution >= 4 is 33.0 Å². The van der Waals surface area contributed by atoms with E-state index >= 15 is 0 Å². The number of aromatic nitrogens is 3. The first-order valence-electron chi connectivity index (χ1n) is 9.19. The Morgan fingerprint density at radius 2 is 2.04 bits per heavy atom. The van der Waals surface area contributed by atoms with Crippen molar-refractivity contribution in [3.8, 4) is 0 Å². The number of rotatable bonds is 7. The lowest BCUT2D eigenvalue weighted by atomic mass is 10.1. The Balaban J connectivity index is 1.71. The van der Waals surface area contributed by atoms with Gasteiger partial charge in [0.05, 0.1) is 17.7 Å². The van der Waals surface area contributed by atoms with Crippen molar-refractivity contribution in [3.05, 3.63) is 30.0 Å². The zero-order valence-corrected chi connectivity index (χ0v) is 16.8. The van der Waals surface area contributed by atoms with Crippen molar-refractivity contribution in [1.29, 1.82) is 0 Å². The molecule has 8 nitrogen and oxygen atoms in total. The second-order valence-corrected chi connectivity index (χ2v) is 8.93. The Bertz CT molecular complexity index is 898. The van der Waals surface area contributed by atoms with Gasteiger partial charge in [-0.3, -0.25) is 0 Å². The fourth-order valence-electron chi connectivity index (χ4n) is 3.24. The van der Waals surface area contributed by atoms with E-state index in [2.05, 4.69) is 56.7 Å². The van der Waals surface area contributed by atoms with Crippen molar-refractivity contribution in [2.75, 3.05) is 40.1 Å². The normalized spacial score (nSPS) is 18.3. The number of nitrogens with one attached hydrogen (secondary N) is 2. The van der Waals surface area contributed by atoms with Crippen LogP contribution in [0.2, 0.25) is 0 Å². The summed E-state index contributed by atoms with van der Waals surface area (Å²) in [7, 11) is -2.94. The zero-order chi connectivity index (χ0) is 19.4. The molecular formula is C18H26N6O2S. The molecular weight excluding hydrogens is 364 g/mol. The lowest BCUT2D eigenvalue weighted by molar-refractivity contribution is 0.602. The third-order valence-corrected chi connectivity index (χ3v) is 6.50. The number of hydrogen-bond acceptors (Lipinski definition) is 8. The van der Waals surface area contributed by atoms with E-state index in [4.69, 9.17) is 0 Å². The quantitative estimate of drug-likeness (QED) is 0.743. The van der Waals surface area contributed by atoms with E-state index in [0.717, 1.165) is 24.3 Å². The molecule has 2 heterocycles. The number of aryl methyl sites for hydroxylation is 1. The Morgan fingerprint density at radius 3 is 2.67 bits per heavy atom. The predicted molar refractivity (Wildman–Crippen MR) is 109 cm³/mol. The van der Waals surface area contributed by atoms with Crippen LogP contribution in [0.15, 0.2) is 24.4 Å². The van der Waals surface area contributed by atoms with Crippen LogP contribution in [-0.2, 0) is 9.84 Å². The monoisotopic (exact) mass is 390 g/mol. The highest BCUT2D eigenvalue weighted by molar-refractivity contribution is 7.91. The van der Waals surface area contributed by atoms with Gasteiger partial charge >= 0.3 is 0 Å². The van der Waals surface area contributed by atoms with Gasteiger partial charge in [0, 0.05) is 30.5 Å². The van der Waals surface area contributed by atoms with Gasteiger partial charge in [-0.1, -0.05) is 0 Å². The maximum absolute atomic E-state index is 11.6. The highest BCUT2D eigenvalue weighted by atomic mass is 32.2. The highest BCUT2D eigenvalue weighted by Crippen LogP contribution is 2.25. The number of anilines is 4. The van der Waals surface area contributed by atoms with Crippen LogP contribution in [-0.4, -0.2) is 54.2 Å².